The number of benzene rings is 1. The van der Waals surface area contributed by atoms with Gasteiger partial charge in [-0.25, -0.2) is 0 Å². The van der Waals surface area contributed by atoms with Crippen LogP contribution in [0.25, 0.3) is 0 Å². The van der Waals surface area contributed by atoms with Gasteiger partial charge in [0.25, 0.3) is 0 Å². The molecule has 0 saturated heterocycles. The number of aromatic nitrogens is 2. The Balaban J connectivity index is 2.08. The number of nitrogens with zero attached hydrogens (tertiary/aromatic N) is 4. The van der Waals surface area contributed by atoms with Gasteiger partial charge in [-0.15, -0.1) is 0 Å². The monoisotopic (exact) mass is 375 g/mol. The molecule has 1 atom stereocenters. The highest BCUT2D eigenvalue weighted by Crippen LogP contribution is 2.30. The van der Waals surface area contributed by atoms with Crippen molar-refractivity contribution in [1.29, 1.82) is 0 Å². The lowest BCUT2D eigenvalue weighted by atomic mass is 10.1. The first-order valence-electron chi connectivity index (χ1n) is 8.85. The summed E-state index contributed by atoms with van der Waals surface area (Å²) in [5, 5.41) is 18.0. The summed E-state index contributed by atoms with van der Waals surface area (Å²) in [6.45, 7) is 3.65. The highest BCUT2D eigenvalue weighted by molar-refractivity contribution is 5.79. The van der Waals surface area contributed by atoms with Gasteiger partial charge in [0.2, 0.25) is 0 Å². The van der Waals surface area contributed by atoms with E-state index in [1.54, 1.807) is 31.0 Å². The molecule has 1 aromatic heterocycles. The zero-order valence-corrected chi connectivity index (χ0v) is 16.6. The number of aliphatic hydroxyl groups is 1. The summed E-state index contributed by atoms with van der Waals surface area (Å²) in [6.07, 6.45) is 3.06. The van der Waals surface area contributed by atoms with Crippen molar-refractivity contribution in [3.63, 3.8) is 0 Å². The first kappa shape index (κ1) is 20.6. The normalized spacial score (nSPS) is 12.6. The van der Waals surface area contributed by atoms with Crippen molar-refractivity contribution < 1.29 is 14.6 Å². The zero-order chi connectivity index (χ0) is 19.8. The maximum atomic E-state index is 10.5. The molecule has 0 spiro atoms. The number of hydrogen-bond donors (Lipinski definition) is 2. The van der Waals surface area contributed by atoms with E-state index in [9.17, 15) is 5.11 Å². The molecule has 8 nitrogen and oxygen atoms in total. The Morgan fingerprint density at radius 3 is 2.67 bits per heavy atom. The summed E-state index contributed by atoms with van der Waals surface area (Å²) in [4.78, 5) is 6.57. The number of aliphatic imine (C=N–C) groups is 1. The molecule has 148 valence electrons. The van der Waals surface area contributed by atoms with Crippen molar-refractivity contribution in [2.45, 2.75) is 19.6 Å². The van der Waals surface area contributed by atoms with E-state index in [0.29, 0.717) is 18.0 Å². The first-order chi connectivity index (χ1) is 13.0. The largest absolute Gasteiger partial charge is 0.493 e. The van der Waals surface area contributed by atoms with E-state index in [-0.39, 0.29) is 6.54 Å². The Labute approximate surface area is 160 Å². The zero-order valence-electron chi connectivity index (χ0n) is 16.6. The van der Waals surface area contributed by atoms with E-state index < -0.39 is 6.10 Å². The molecule has 0 aliphatic rings. The van der Waals surface area contributed by atoms with Gasteiger partial charge in [-0.2, -0.15) is 5.10 Å². The Hall–Kier alpha value is -2.74. The quantitative estimate of drug-likeness (QED) is 0.538. The highest BCUT2D eigenvalue weighted by Gasteiger charge is 2.13. The molecule has 0 radical (unpaired) electrons. The van der Waals surface area contributed by atoms with Gasteiger partial charge in [-0.3, -0.25) is 9.67 Å². The van der Waals surface area contributed by atoms with Crippen molar-refractivity contribution >= 4 is 5.96 Å². The number of hydrogen-bond acceptors (Lipinski definition) is 5. The third-order valence-corrected chi connectivity index (χ3v) is 4.08. The predicted octanol–water partition coefficient (Wildman–Crippen LogP) is 1.57. The molecule has 1 unspecified atom stereocenters. The number of methoxy groups -OCH3 is 2. The first-order valence-corrected chi connectivity index (χ1v) is 8.85. The van der Waals surface area contributed by atoms with E-state index in [0.717, 1.165) is 23.6 Å². The topological polar surface area (TPSA) is 84.1 Å². The molecule has 0 bridgehead atoms. The number of aryl methyl sites for hydroxylation is 1. The molecule has 2 rings (SSSR count). The molecule has 27 heavy (non-hydrogen) atoms. The summed E-state index contributed by atoms with van der Waals surface area (Å²) in [5.41, 5.74) is 1.81. The van der Waals surface area contributed by atoms with Crippen molar-refractivity contribution in [2.24, 2.45) is 12.0 Å². The van der Waals surface area contributed by atoms with Crippen LogP contribution in [0.15, 0.2) is 35.6 Å². The molecule has 2 aromatic rings. The molecule has 2 N–H and O–H groups in total. The molecule has 0 amide bonds. The second-order valence-electron chi connectivity index (χ2n) is 6.20. The molecule has 0 aliphatic carbocycles. The van der Waals surface area contributed by atoms with E-state index >= 15 is 0 Å². The summed E-state index contributed by atoms with van der Waals surface area (Å²) < 4.78 is 12.3. The fraction of sp³-hybridized carbons (Fsp3) is 0.474. The van der Waals surface area contributed by atoms with Crippen LogP contribution in [-0.4, -0.2) is 60.1 Å². The van der Waals surface area contributed by atoms with Crippen LogP contribution in [0.3, 0.4) is 0 Å². The van der Waals surface area contributed by atoms with Gasteiger partial charge in [0.15, 0.2) is 17.5 Å². The average molecular weight is 375 g/mol. The highest BCUT2D eigenvalue weighted by atomic mass is 16.5. The molecule has 8 heteroatoms. The number of nitrogens with one attached hydrogen (secondary N) is 1. The van der Waals surface area contributed by atoms with Crippen molar-refractivity contribution in [3.8, 4) is 11.5 Å². The van der Waals surface area contributed by atoms with Gasteiger partial charge in [0.1, 0.15) is 0 Å². The summed E-state index contributed by atoms with van der Waals surface area (Å²) >= 11 is 0. The molecular weight excluding hydrogens is 346 g/mol. The van der Waals surface area contributed by atoms with Crippen LogP contribution >= 0.6 is 0 Å². The molecule has 0 saturated carbocycles. The van der Waals surface area contributed by atoms with Gasteiger partial charge in [0.05, 0.1) is 33.1 Å². The Morgan fingerprint density at radius 2 is 2.07 bits per heavy atom. The van der Waals surface area contributed by atoms with E-state index in [1.165, 1.54) is 0 Å². The van der Waals surface area contributed by atoms with E-state index in [4.69, 9.17) is 9.47 Å². The van der Waals surface area contributed by atoms with Crippen molar-refractivity contribution in [2.75, 3.05) is 34.4 Å². The van der Waals surface area contributed by atoms with Gasteiger partial charge in [-0.05, 0) is 24.6 Å². The fourth-order valence-electron chi connectivity index (χ4n) is 2.71. The third-order valence-electron chi connectivity index (χ3n) is 4.08. The molecular formula is C19H29N5O3. The second kappa shape index (κ2) is 9.82. The number of ether oxygens (including phenoxy) is 2. The minimum Gasteiger partial charge on any atom is -0.493 e. The molecule has 1 aromatic carbocycles. The predicted molar refractivity (Wildman–Crippen MR) is 105 cm³/mol. The van der Waals surface area contributed by atoms with Gasteiger partial charge in [-0.1, -0.05) is 6.07 Å². The average Bonchev–Trinajstić information content (AvgIpc) is 3.08. The third kappa shape index (κ3) is 5.62. The van der Waals surface area contributed by atoms with Crippen LogP contribution in [0.4, 0.5) is 0 Å². The second-order valence-corrected chi connectivity index (χ2v) is 6.20. The lowest BCUT2D eigenvalue weighted by Gasteiger charge is -2.22. The minimum absolute atomic E-state index is 0.231. The number of aliphatic hydroxyl groups excluding tert-OH is 1. The van der Waals surface area contributed by atoms with Gasteiger partial charge in [0, 0.05) is 38.9 Å². The Bertz CT molecular complexity index is 760. The van der Waals surface area contributed by atoms with E-state index in [2.05, 4.69) is 15.4 Å². The van der Waals surface area contributed by atoms with Gasteiger partial charge >= 0.3 is 0 Å². The Morgan fingerprint density at radius 1 is 1.33 bits per heavy atom. The SMILES string of the molecule is CCNC(=NCC(O)c1ccc(OC)c(OC)c1)N(C)Cc1cnn(C)c1. The Kier molecular flexibility index (Phi) is 7.48. The number of rotatable bonds is 8. The van der Waals surface area contributed by atoms with Crippen molar-refractivity contribution in [3.05, 3.63) is 41.7 Å². The minimum atomic E-state index is -0.745. The van der Waals surface area contributed by atoms with Crippen LogP contribution in [0.2, 0.25) is 0 Å². The van der Waals surface area contributed by atoms with Crippen LogP contribution < -0.4 is 14.8 Å². The van der Waals surface area contributed by atoms with Crippen LogP contribution in [0, 0.1) is 0 Å². The van der Waals surface area contributed by atoms with Crippen LogP contribution in [-0.2, 0) is 13.6 Å². The summed E-state index contributed by atoms with van der Waals surface area (Å²) in [6, 6.07) is 5.36. The molecule has 0 aliphatic heterocycles. The fourth-order valence-corrected chi connectivity index (χ4v) is 2.71. The van der Waals surface area contributed by atoms with Gasteiger partial charge < -0.3 is 24.8 Å². The smallest absolute Gasteiger partial charge is 0.194 e. The molecule has 0 fully saturated rings. The summed E-state index contributed by atoms with van der Waals surface area (Å²) in [5.74, 6) is 1.93. The van der Waals surface area contributed by atoms with E-state index in [1.807, 2.05) is 44.4 Å². The maximum absolute atomic E-state index is 10.5. The van der Waals surface area contributed by atoms with Crippen LogP contribution in [0.5, 0.6) is 11.5 Å². The maximum Gasteiger partial charge on any atom is 0.194 e. The number of guanidine groups is 1. The summed E-state index contributed by atoms with van der Waals surface area (Å²) in [7, 11) is 7.00. The van der Waals surface area contributed by atoms with Crippen LogP contribution in [0.1, 0.15) is 24.2 Å². The molecule has 1 heterocycles. The lowest BCUT2D eigenvalue weighted by molar-refractivity contribution is 0.186. The standard InChI is InChI=1S/C19H29N5O3/c1-6-20-19(23(2)12-14-10-22-24(3)13-14)21-11-16(25)15-7-8-17(26-4)18(9-15)27-5/h7-10,13,16,25H,6,11-12H2,1-5H3,(H,20,21). The lowest BCUT2D eigenvalue weighted by Crippen LogP contribution is -2.38. The van der Waals surface area contributed by atoms with Crippen molar-refractivity contribution in [1.82, 2.24) is 20.0 Å².